The summed E-state index contributed by atoms with van der Waals surface area (Å²) in [6, 6.07) is 32.8. The van der Waals surface area contributed by atoms with Crippen molar-refractivity contribution in [3.8, 4) is 6.07 Å². The Hall–Kier alpha value is -6.98. The maximum absolute atomic E-state index is 12.8. The third-order valence-electron chi connectivity index (χ3n) is 8.29. The van der Waals surface area contributed by atoms with Crippen LogP contribution >= 0.6 is 11.6 Å². The first-order valence-electron chi connectivity index (χ1n) is 16.6. The molecule has 272 valence electrons. The largest absolute Gasteiger partial charge is 0.335 e. The molecule has 1 atom stereocenters. The summed E-state index contributed by atoms with van der Waals surface area (Å²) in [6.45, 7) is 4.36. The maximum Gasteiger partial charge on any atom is 0.297 e. The zero-order chi connectivity index (χ0) is 38.6. The Morgan fingerprint density at radius 3 is 1.80 bits per heavy atom. The fourth-order valence-corrected chi connectivity index (χ4v) is 5.78. The van der Waals surface area contributed by atoms with Crippen molar-refractivity contribution in [2.24, 2.45) is 0 Å². The molecule has 3 N–H and O–H groups in total. The number of benzene rings is 4. The Morgan fingerprint density at radius 1 is 0.722 bits per heavy atom. The molecule has 7 aromatic rings. The van der Waals surface area contributed by atoms with Gasteiger partial charge in [-0.2, -0.15) is 20.6 Å². The van der Waals surface area contributed by atoms with Gasteiger partial charge in [-0.1, -0.05) is 72.8 Å². The second-order valence-corrected chi connectivity index (χ2v) is 12.2. The molecule has 1 aliphatic rings. The number of nitrogens with zero attached hydrogens (tertiary/aromatic N) is 6. The van der Waals surface area contributed by atoms with Crippen LogP contribution in [0.2, 0.25) is 0 Å². The van der Waals surface area contributed by atoms with Crippen molar-refractivity contribution in [2.75, 3.05) is 19.6 Å². The fraction of sp³-hybridized carbons (Fsp3) is 0.154. The SMILES string of the molecule is CC#N.C[C@@H]1CN(C(=O)c2ccccc2)CCN1C(=O)C(=O)c1n[nH]c2ccccc12.O=C(Cl)C(=O)c1n[nH]c2ccccc12.c1ccc2[nH]ncc2c1. The highest BCUT2D eigenvalue weighted by atomic mass is 35.5. The molecule has 0 aliphatic carbocycles. The first kappa shape index (κ1) is 38.3. The number of rotatable bonds is 5. The molecule has 2 amide bonds. The second kappa shape index (κ2) is 18.0. The molecule has 4 heterocycles. The van der Waals surface area contributed by atoms with Crippen LogP contribution in [0.1, 0.15) is 45.2 Å². The van der Waals surface area contributed by atoms with Gasteiger partial charge in [-0.15, -0.1) is 0 Å². The van der Waals surface area contributed by atoms with Crippen molar-refractivity contribution in [1.82, 2.24) is 40.4 Å². The number of carbonyl (C=O) groups excluding carboxylic acids is 5. The molecule has 0 radical (unpaired) electrons. The minimum atomic E-state index is -1.03. The third kappa shape index (κ3) is 8.90. The van der Waals surface area contributed by atoms with Gasteiger partial charge in [0.2, 0.25) is 0 Å². The van der Waals surface area contributed by atoms with E-state index < -0.39 is 22.7 Å². The molecule has 3 aromatic heterocycles. The van der Waals surface area contributed by atoms with E-state index in [9.17, 15) is 24.0 Å². The lowest BCUT2D eigenvalue weighted by molar-refractivity contribution is -0.130. The summed E-state index contributed by atoms with van der Waals surface area (Å²) >= 11 is 5.08. The van der Waals surface area contributed by atoms with Gasteiger partial charge in [0, 0.05) is 54.3 Å². The minimum Gasteiger partial charge on any atom is -0.335 e. The summed E-state index contributed by atoms with van der Waals surface area (Å²) in [6.07, 6.45) is 1.81. The summed E-state index contributed by atoms with van der Waals surface area (Å²) in [5.41, 5.74) is 3.33. The number of halogens is 1. The Labute approximate surface area is 313 Å². The van der Waals surface area contributed by atoms with E-state index in [0.717, 1.165) is 10.9 Å². The van der Waals surface area contributed by atoms with Gasteiger partial charge in [0.05, 0.1) is 28.8 Å². The van der Waals surface area contributed by atoms with Crippen LogP contribution in [0.4, 0.5) is 0 Å². The molecule has 8 rings (SSSR count). The van der Waals surface area contributed by atoms with E-state index in [-0.39, 0.29) is 23.3 Å². The molecule has 54 heavy (non-hydrogen) atoms. The molecule has 0 bridgehead atoms. The Morgan fingerprint density at radius 2 is 1.24 bits per heavy atom. The van der Waals surface area contributed by atoms with Crippen molar-refractivity contribution >= 4 is 72.9 Å². The Balaban J connectivity index is 0.000000177. The number of amides is 2. The number of piperazine rings is 1. The van der Waals surface area contributed by atoms with Gasteiger partial charge in [-0.3, -0.25) is 39.3 Å². The van der Waals surface area contributed by atoms with Gasteiger partial charge < -0.3 is 9.80 Å². The monoisotopic (exact) mass is 743 g/mol. The van der Waals surface area contributed by atoms with Crippen LogP contribution in [0.15, 0.2) is 109 Å². The molecular weight excluding hydrogens is 710 g/mol. The van der Waals surface area contributed by atoms with Crippen LogP contribution in [0, 0.1) is 11.3 Å². The van der Waals surface area contributed by atoms with Gasteiger partial charge in [0.15, 0.2) is 0 Å². The smallest absolute Gasteiger partial charge is 0.297 e. The van der Waals surface area contributed by atoms with E-state index in [0.29, 0.717) is 47.0 Å². The lowest BCUT2D eigenvalue weighted by Crippen LogP contribution is -2.56. The summed E-state index contributed by atoms with van der Waals surface area (Å²) in [7, 11) is 0. The first-order chi connectivity index (χ1) is 26.1. The first-order valence-corrected chi connectivity index (χ1v) is 17.0. The average Bonchev–Trinajstić information content (AvgIpc) is 3.97. The number of para-hydroxylation sites is 3. The molecule has 1 fully saturated rings. The van der Waals surface area contributed by atoms with Gasteiger partial charge >= 0.3 is 0 Å². The second-order valence-electron chi connectivity index (χ2n) is 11.8. The van der Waals surface area contributed by atoms with Crippen molar-refractivity contribution in [2.45, 2.75) is 19.9 Å². The van der Waals surface area contributed by atoms with Crippen molar-refractivity contribution in [3.05, 3.63) is 126 Å². The molecule has 4 aromatic carbocycles. The number of nitrogens with one attached hydrogen (secondary N) is 3. The van der Waals surface area contributed by atoms with Gasteiger partial charge in [-0.05, 0) is 48.9 Å². The number of hydrogen-bond donors (Lipinski definition) is 3. The van der Waals surface area contributed by atoms with E-state index in [1.54, 1.807) is 65.6 Å². The molecule has 0 spiro atoms. The zero-order valence-corrected chi connectivity index (χ0v) is 29.9. The molecular formula is C39H34ClN9O5. The summed E-state index contributed by atoms with van der Waals surface area (Å²) < 4.78 is 0. The molecule has 15 heteroatoms. The predicted molar refractivity (Wildman–Crippen MR) is 203 cm³/mol. The van der Waals surface area contributed by atoms with Crippen LogP contribution in [0.3, 0.4) is 0 Å². The number of hydrogen-bond acceptors (Lipinski definition) is 9. The lowest BCUT2D eigenvalue weighted by atomic mass is 10.1. The zero-order valence-electron chi connectivity index (χ0n) is 29.2. The number of H-pyrrole nitrogens is 3. The highest BCUT2D eigenvalue weighted by molar-refractivity contribution is 6.83. The van der Waals surface area contributed by atoms with Crippen LogP contribution in [0.25, 0.3) is 32.7 Å². The van der Waals surface area contributed by atoms with E-state index in [4.69, 9.17) is 16.9 Å². The predicted octanol–water partition coefficient (Wildman–Crippen LogP) is 5.72. The van der Waals surface area contributed by atoms with E-state index in [1.807, 2.05) is 61.7 Å². The van der Waals surface area contributed by atoms with Gasteiger partial charge in [0.1, 0.15) is 11.4 Å². The number of aromatic amines is 3. The fourth-order valence-electron chi connectivity index (χ4n) is 5.69. The standard InChI is InChI=1S/C21H20N4O3.C9H5ClN2O2.C7H6N2.C2H3N/c1-14-13-24(20(27)15-7-3-2-4-8-15)11-12-25(14)21(28)19(26)18-16-9-5-6-10-17(16)22-23-18;10-9(14)8(13)7-5-3-1-2-4-6(5)11-12-7;1-2-4-7-6(3-1)5-8-9-7;1-2-3/h2-10,14H,11-13H2,1H3,(H,22,23);1-4H,(H,11,12);1-5H,(H,8,9);1H3/t14-;;;/m1.../s1. The summed E-state index contributed by atoms with van der Waals surface area (Å²) in [5, 5.41) is 28.6. The molecule has 14 nitrogen and oxygen atoms in total. The summed E-state index contributed by atoms with van der Waals surface area (Å²) in [5.74, 6) is -2.07. The van der Waals surface area contributed by atoms with E-state index >= 15 is 0 Å². The highest BCUT2D eigenvalue weighted by Crippen LogP contribution is 2.20. The molecule has 1 saturated heterocycles. The van der Waals surface area contributed by atoms with E-state index in [1.165, 1.54) is 11.8 Å². The number of aromatic nitrogens is 6. The molecule has 1 aliphatic heterocycles. The number of ketones is 2. The quantitative estimate of drug-likeness (QED) is 0.112. The number of Topliss-reactive ketones (excluding diaryl/α,β-unsaturated/α-hetero) is 2. The number of nitriles is 1. The van der Waals surface area contributed by atoms with Crippen LogP contribution in [-0.2, 0) is 9.59 Å². The van der Waals surface area contributed by atoms with Crippen LogP contribution in [0.5, 0.6) is 0 Å². The number of carbonyl (C=O) groups is 5. The van der Waals surface area contributed by atoms with Gasteiger partial charge in [0.25, 0.3) is 28.6 Å². The van der Waals surface area contributed by atoms with Gasteiger partial charge in [-0.25, -0.2) is 0 Å². The normalized spacial score (nSPS) is 13.3. The van der Waals surface area contributed by atoms with Crippen molar-refractivity contribution in [3.63, 3.8) is 0 Å². The van der Waals surface area contributed by atoms with Crippen LogP contribution < -0.4 is 0 Å². The third-order valence-corrected chi connectivity index (χ3v) is 8.46. The molecule has 0 saturated carbocycles. The Bertz CT molecular complexity index is 2440. The maximum atomic E-state index is 12.8. The topological polar surface area (TPSA) is 202 Å². The lowest BCUT2D eigenvalue weighted by Gasteiger charge is -2.39. The number of fused-ring (bicyclic) bond motifs is 3. The summed E-state index contributed by atoms with van der Waals surface area (Å²) in [4.78, 5) is 63.3. The van der Waals surface area contributed by atoms with Crippen molar-refractivity contribution < 1.29 is 24.0 Å². The van der Waals surface area contributed by atoms with Crippen LogP contribution in [-0.4, -0.2) is 94.7 Å². The highest BCUT2D eigenvalue weighted by Gasteiger charge is 2.34. The minimum absolute atomic E-state index is 0.0656. The Kier molecular flexibility index (Phi) is 12.7. The van der Waals surface area contributed by atoms with Crippen molar-refractivity contribution in [1.29, 1.82) is 5.26 Å². The molecule has 0 unspecified atom stereocenters. The average molecular weight is 744 g/mol. The van der Waals surface area contributed by atoms with E-state index in [2.05, 4.69) is 30.6 Å².